The van der Waals surface area contributed by atoms with Gasteiger partial charge < -0.3 is 15.0 Å². The Morgan fingerprint density at radius 3 is 2.61 bits per heavy atom. The van der Waals surface area contributed by atoms with E-state index in [1.165, 1.54) is 0 Å². The molecule has 7 heteroatoms. The summed E-state index contributed by atoms with van der Waals surface area (Å²) in [6.45, 7) is 9.77. The molecule has 1 amide bonds. The van der Waals surface area contributed by atoms with Gasteiger partial charge in [0.1, 0.15) is 12.4 Å². The molecule has 148 valence electrons. The number of H-pyrrole nitrogens is 1. The molecule has 0 saturated carbocycles. The number of nitrogens with zero attached hydrogens (tertiary/aromatic N) is 2. The zero-order valence-electron chi connectivity index (χ0n) is 16.5. The van der Waals surface area contributed by atoms with Gasteiger partial charge in [-0.1, -0.05) is 19.9 Å². The first kappa shape index (κ1) is 20.1. The highest BCUT2D eigenvalue weighted by Crippen LogP contribution is 2.27. The lowest BCUT2D eigenvalue weighted by molar-refractivity contribution is 0.102. The van der Waals surface area contributed by atoms with Crippen LogP contribution >= 0.6 is 11.3 Å². The second-order valence-corrected chi connectivity index (χ2v) is 7.35. The lowest BCUT2D eigenvalue weighted by atomic mass is 10.1. The molecule has 0 saturated heterocycles. The summed E-state index contributed by atoms with van der Waals surface area (Å²) in [6, 6.07) is 11.4. The van der Waals surface area contributed by atoms with Crippen molar-refractivity contribution < 1.29 is 9.53 Å². The third kappa shape index (κ3) is 4.79. The highest BCUT2D eigenvalue weighted by Gasteiger charge is 2.18. The number of aromatic nitrogens is 2. The maximum Gasteiger partial charge on any atom is 0.276 e. The van der Waals surface area contributed by atoms with Gasteiger partial charge in [0.25, 0.3) is 5.91 Å². The largest absolute Gasteiger partial charge is 0.492 e. The minimum Gasteiger partial charge on any atom is -0.492 e. The molecule has 28 heavy (non-hydrogen) atoms. The molecule has 0 atom stereocenters. The molecule has 0 aliphatic carbocycles. The fraction of sp³-hybridized carbons (Fsp3) is 0.333. The number of carbonyl (C=O) groups excluding carboxylic acids is 1. The number of benzene rings is 1. The van der Waals surface area contributed by atoms with Gasteiger partial charge in [0.05, 0.1) is 10.6 Å². The lowest BCUT2D eigenvalue weighted by Gasteiger charge is -2.18. The van der Waals surface area contributed by atoms with Gasteiger partial charge in [-0.3, -0.25) is 9.89 Å². The van der Waals surface area contributed by atoms with Crippen molar-refractivity contribution in [3.8, 4) is 16.3 Å². The molecular weight excluding hydrogens is 372 g/mol. The van der Waals surface area contributed by atoms with E-state index in [1.807, 2.05) is 48.7 Å². The van der Waals surface area contributed by atoms with E-state index in [0.29, 0.717) is 18.0 Å². The van der Waals surface area contributed by atoms with Gasteiger partial charge in [0, 0.05) is 17.8 Å². The zero-order chi connectivity index (χ0) is 19.9. The Kier molecular flexibility index (Phi) is 6.84. The number of hydrogen-bond donors (Lipinski definition) is 2. The standard InChI is InChI=1S/C21H26N4O2S/c1-4-25(5-2)12-13-27-17-10-8-16(9-11-17)22-21(26)20-15(3)19(23-24-20)18-7-6-14-28-18/h6-11,14H,4-5,12-13H2,1-3H3,(H,22,26)(H,23,24). The zero-order valence-corrected chi connectivity index (χ0v) is 17.3. The molecule has 2 aromatic heterocycles. The van der Waals surface area contributed by atoms with Crippen LogP contribution in [0.3, 0.4) is 0 Å². The SMILES string of the molecule is CCN(CC)CCOc1ccc(NC(=O)c2n[nH]c(-c3cccs3)c2C)cc1. The molecule has 2 heterocycles. The maximum atomic E-state index is 12.6. The maximum absolute atomic E-state index is 12.6. The van der Waals surface area contributed by atoms with E-state index in [-0.39, 0.29) is 5.91 Å². The number of aromatic amines is 1. The third-order valence-electron chi connectivity index (χ3n) is 4.68. The van der Waals surface area contributed by atoms with Crippen LogP contribution in [0.5, 0.6) is 5.75 Å². The average molecular weight is 399 g/mol. The highest BCUT2D eigenvalue weighted by atomic mass is 32.1. The number of amides is 1. The van der Waals surface area contributed by atoms with E-state index >= 15 is 0 Å². The summed E-state index contributed by atoms with van der Waals surface area (Å²) >= 11 is 1.61. The Hall–Kier alpha value is -2.64. The smallest absolute Gasteiger partial charge is 0.276 e. The molecule has 1 aromatic carbocycles. The van der Waals surface area contributed by atoms with Crippen LogP contribution in [0.15, 0.2) is 41.8 Å². The molecule has 0 aliphatic rings. The number of anilines is 1. The topological polar surface area (TPSA) is 70.2 Å². The first-order chi connectivity index (χ1) is 13.6. The predicted molar refractivity (Wildman–Crippen MR) is 114 cm³/mol. The van der Waals surface area contributed by atoms with E-state index in [2.05, 4.69) is 34.3 Å². The number of ether oxygens (including phenoxy) is 1. The number of carbonyl (C=O) groups is 1. The van der Waals surface area contributed by atoms with Crippen LogP contribution in [0.1, 0.15) is 29.9 Å². The molecule has 3 rings (SSSR count). The summed E-state index contributed by atoms with van der Waals surface area (Å²) in [5.74, 6) is 0.563. The van der Waals surface area contributed by atoms with Crippen molar-refractivity contribution in [1.82, 2.24) is 15.1 Å². The Morgan fingerprint density at radius 1 is 1.21 bits per heavy atom. The summed E-state index contributed by atoms with van der Waals surface area (Å²) in [6.07, 6.45) is 0. The van der Waals surface area contributed by atoms with Gasteiger partial charge in [-0.05, 0) is 55.7 Å². The van der Waals surface area contributed by atoms with E-state index < -0.39 is 0 Å². The number of nitrogens with one attached hydrogen (secondary N) is 2. The van der Waals surface area contributed by atoms with E-state index in [1.54, 1.807) is 11.3 Å². The summed E-state index contributed by atoms with van der Waals surface area (Å²) in [5.41, 5.74) is 2.84. The van der Waals surface area contributed by atoms with Crippen LogP contribution in [0.25, 0.3) is 10.6 Å². The van der Waals surface area contributed by atoms with Crippen molar-refractivity contribution in [2.75, 3.05) is 31.6 Å². The fourth-order valence-electron chi connectivity index (χ4n) is 2.94. The molecule has 3 aromatic rings. The summed E-state index contributed by atoms with van der Waals surface area (Å²) in [4.78, 5) is 16.0. The van der Waals surface area contributed by atoms with Gasteiger partial charge >= 0.3 is 0 Å². The van der Waals surface area contributed by atoms with Gasteiger partial charge in [-0.25, -0.2) is 0 Å². The molecule has 6 nitrogen and oxygen atoms in total. The molecular formula is C21H26N4O2S. The molecule has 2 N–H and O–H groups in total. The summed E-state index contributed by atoms with van der Waals surface area (Å²) in [5, 5.41) is 12.1. The second kappa shape index (κ2) is 9.52. The van der Waals surface area contributed by atoms with Gasteiger partial charge in [-0.15, -0.1) is 11.3 Å². The van der Waals surface area contributed by atoms with Crippen molar-refractivity contribution in [3.63, 3.8) is 0 Å². The van der Waals surface area contributed by atoms with E-state index in [0.717, 1.165) is 41.5 Å². The van der Waals surface area contributed by atoms with Gasteiger partial charge in [0.15, 0.2) is 5.69 Å². The quantitative estimate of drug-likeness (QED) is 0.560. The minimum absolute atomic E-state index is 0.230. The van der Waals surface area contributed by atoms with Crippen LogP contribution in [0, 0.1) is 6.92 Å². The highest BCUT2D eigenvalue weighted by molar-refractivity contribution is 7.13. The Bertz CT molecular complexity index is 884. The average Bonchev–Trinajstić information content (AvgIpc) is 3.36. The lowest BCUT2D eigenvalue weighted by Crippen LogP contribution is -2.27. The Balaban J connectivity index is 1.58. The number of hydrogen-bond acceptors (Lipinski definition) is 5. The Morgan fingerprint density at radius 2 is 1.96 bits per heavy atom. The molecule has 0 spiro atoms. The summed E-state index contributed by atoms with van der Waals surface area (Å²) in [7, 11) is 0. The van der Waals surface area contributed by atoms with Crippen LogP contribution in [0.4, 0.5) is 5.69 Å². The molecule has 0 unspecified atom stereocenters. The van der Waals surface area contributed by atoms with E-state index in [9.17, 15) is 4.79 Å². The normalized spacial score (nSPS) is 11.0. The fourth-order valence-corrected chi connectivity index (χ4v) is 3.71. The summed E-state index contributed by atoms with van der Waals surface area (Å²) < 4.78 is 5.78. The van der Waals surface area contributed by atoms with Crippen LogP contribution in [-0.2, 0) is 0 Å². The number of rotatable bonds is 9. The van der Waals surface area contributed by atoms with Crippen LogP contribution < -0.4 is 10.1 Å². The number of thiophene rings is 1. The Labute approximate surface area is 169 Å². The molecule has 0 fully saturated rings. The second-order valence-electron chi connectivity index (χ2n) is 6.40. The first-order valence-electron chi connectivity index (χ1n) is 9.47. The first-order valence-corrected chi connectivity index (χ1v) is 10.4. The third-order valence-corrected chi connectivity index (χ3v) is 5.56. The molecule has 0 radical (unpaired) electrons. The predicted octanol–water partition coefficient (Wildman–Crippen LogP) is 4.42. The van der Waals surface area contributed by atoms with Crippen molar-refractivity contribution in [2.24, 2.45) is 0 Å². The van der Waals surface area contributed by atoms with Gasteiger partial charge in [0.2, 0.25) is 0 Å². The van der Waals surface area contributed by atoms with Crippen molar-refractivity contribution in [3.05, 3.63) is 53.0 Å². The van der Waals surface area contributed by atoms with Crippen LogP contribution in [0.2, 0.25) is 0 Å². The van der Waals surface area contributed by atoms with Crippen molar-refractivity contribution >= 4 is 22.9 Å². The van der Waals surface area contributed by atoms with E-state index in [4.69, 9.17) is 4.74 Å². The molecule has 0 aliphatic heterocycles. The van der Waals surface area contributed by atoms with Crippen molar-refractivity contribution in [2.45, 2.75) is 20.8 Å². The number of likely N-dealkylation sites (N-methyl/N-ethyl adjacent to an activating group) is 1. The van der Waals surface area contributed by atoms with Gasteiger partial charge in [-0.2, -0.15) is 5.10 Å². The van der Waals surface area contributed by atoms with Crippen LogP contribution in [-0.4, -0.2) is 47.2 Å². The van der Waals surface area contributed by atoms with Crippen molar-refractivity contribution in [1.29, 1.82) is 0 Å². The molecule has 0 bridgehead atoms. The minimum atomic E-state index is -0.230. The monoisotopic (exact) mass is 398 g/mol.